The Morgan fingerprint density at radius 1 is 1.19 bits per heavy atom. The standard InChI is InChI=1S/C16H17NO3S/c1-10-5-3-4-6-12(10)7-8-13(18)17-14-9-11(2)15(21-14)16(19)20/h3-6,9H,7-8H2,1-2H3,(H,17,18)(H,19,20). The molecule has 2 rings (SSSR count). The lowest BCUT2D eigenvalue weighted by Gasteiger charge is -2.05. The molecule has 4 nitrogen and oxygen atoms in total. The van der Waals surface area contributed by atoms with Gasteiger partial charge >= 0.3 is 5.97 Å². The molecule has 0 atom stereocenters. The van der Waals surface area contributed by atoms with Gasteiger partial charge in [-0.1, -0.05) is 24.3 Å². The van der Waals surface area contributed by atoms with E-state index >= 15 is 0 Å². The number of hydrogen-bond acceptors (Lipinski definition) is 3. The zero-order chi connectivity index (χ0) is 15.4. The molecule has 1 heterocycles. The Morgan fingerprint density at radius 3 is 2.52 bits per heavy atom. The average Bonchev–Trinajstić information content (AvgIpc) is 2.79. The summed E-state index contributed by atoms with van der Waals surface area (Å²) in [6.07, 6.45) is 1.05. The fourth-order valence-electron chi connectivity index (χ4n) is 2.09. The van der Waals surface area contributed by atoms with E-state index in [0.29, 0.717) is 23.4 Å². The first-order chi connectivity index (χ1) is 9.97. The lowest BCUT2D eigenvalue weighted by molar-refractivity contribution is -0.116. The summed E-state index contributed by atoms with van der Waals surface area (Å²) in [6.45, 7) is 3.75. The molecule has 21 heavy (non-hydrogen) atoms. The number of carboxylic acid groups (broad SMARTS) is 1. The summed E-state index contributed by atoms with van der Waals surface area (Å²) in [7, 11) is 0. The number of carboxylic acids is 1. The van der Waals surface area contributed by atoms with Gasteiger partial charge in [0, 0.05) is 6.42 Å². The van der Waals surface area contributed by atoms with Crippen molar-refractivity contribution in [1.82, 2.24) is 0 Å². The van der Waals surface area contributed by atoms with Crippen LogP contribution in [0.25, 0.3) is 0 Å². The van der Waals surface area contributed by atoms with Crippen molar-refractivity contribution in [2.45, 2.75) is 26.7 Å². The van der Waals surface area contributed by atoms with Gasteiger partial charge in [0.05, 0.1) is 5.00 Å². The van der Waals surface area contributed by atoms with Crippen molar-refractivity contribution in [3.63, 3.8) is 0 Å². The minimum Gasteiger partial charge on any atom is -0.477 e. The van der Waals surface area contributed by atoms with Gasteiger partial charge in [-0.05, 0) is 43.0 Å². The number of anilines is 1. The highest BCUT2D eigenvalue weighted by Crippen LogP contribution is 2.26. The molecule has 0 aliphatic rings. The summed E-state index contributed by atoms with van der Waals surface area (Å²) in [4.78, 5) is 23.2. The minimum absolute atomic E-state index is 0.101. The highest BCUT2D eigenvalue weighted by atomic mass is 32.1. The van der Waals surface area contributed by atoms with Crippen LogP contribution in [0.4, 0.5) is 5.00 Å². The highest BCUT2D eigenvalue weighted by molar-refractivity contribution is 7.18. The van der Waals surface area contributed by atoms with Crippen LogP contribution in [0.5, 0.6) is 0 Å². The fraction of sp³-hybridized carbons (Fsp3) is 0.250. The molecule has 5 heteroatoms. The van der Waals surface area contributed by atoms with Gasteiger partial charge in [0.25, 0.3) is 0 Å². The van der Waals surface area contributed by atoms with Crippen LogP contribution in [0, 0.1) is 13.8 Å². The Labute approximate surface area is 127 Å². The van der Waals surface area contributed by atoms with Crippen LogP contribution >= 0.6 is 11.3 Å². The molecule has 2 aromatic rings. The third-order valence-corrected chi connectivity index (χ3v) is 4.40. The number of aromatic carboxylic acids is 1. The lowest BCUT2D eigenvalue weighted by atomic mass is 10.0. The summed E-state index contributed by atoms with van der Waals surface area (Å²) in [6, 6.07) is 9.66. The Balaban J connectivity index is 1.95. The van der Waals surface area contributed by atoms with Gasteiger partial charge in [0.15, 0.2) is 0 Å². The van der Waals surface area contributed by atoms with Crippen LogP contribution in [0.3, 0.4) is 0 Å². The molecular weight excluding hydrogens is 286 g/mol. The number of carbonyl (C=O) groups excluding carboxylic acids is 1. The maximum Gasteiger partial charge on any atom is 0.346 e. The minimum atomic E-state index is -0.960. The smallest absolute Gasteiger partial charge is 0.346 e. The van der Waals surface area contributed by atoms with Crippen molar-refractivity contribution in [3.05, 3.63) is 51.9 Å². The molecule has 0 radical (unpaired) electrons. The number of carbonyl (C=O) groups is 2. The molecule has 0 saturated heterocycles. The van der Waals surface area contributed by atoms with E-state index in [2.05, 4.69) is 5.32 Å². The van der Waals surface area contributed by atoms with E-state index in [0.717, 1.165) is 16.9 Å². The summed E-state index contributed by atoms with van der Waals surface area (Å²) in [5.74, 6) is -1.06. The maximum atomic E-state index is 11.9. The molecule has 0 spiro atoms. The molecule has 0 bridgehead atoms. The van der Waals surface area contributed by atoms with E-state index in [9.17, 15) is 9.59 Å². The van der Waals surface area contributed by atoms with E-state index in [-0.39, 0.29) is 10.8 Å². The van der Waals surface area contributed by atoms with Crippen LogP contribution in [-0.4, -0.2) is 17.0 Å². The van der Waals surface area contributed by atoms with E-state index in [1.54, 1.807) is 13.0 Å². The van der Waals surface area contributed by atoms with Gasteiger partial charge < -0.3 is 10.4 Å². The summed E-state index contributed by atoms with van der Waals surface area (Å²) >= 11 is 1.09. The lowest BCUT2D eigenvalue weighted by Crippen LogP contribution is -2.11. The van der Waals surface area contributed by atoms with Crippen molar-refractivity contribution in [2.75, 3.05) is 5.32 Å². The number of nitrogens with one attached hydrogen (secondary N) is 1. The van der Waals surface area contributed by atoms with Crippen LogP contribution in [-0.2, 0) is 11.2 Å². The van der Waals surface area contributed by atoms with E-state index < -0.39 is 5.97 Å². The molecule has 0 saturated carbocycles. The van der Waals surface area contributed by atoms with Crippen molar-refractivity contribution in [2.24, 2.45) is 0 Å². The van der Waals surface area contributed by atoms with Crippen molar-refractivity contribution < 1.29 is 14.7 Å². The quantitative estimate of drug-likeness (QED) is 0.886. The number of thiophene rings is 1. The molecule has 0 aliphatic heterocycles. The summed E-state index contributed by atoms with van der Waals surface area (Å²) in [5, 5.41) is 12.3. The molecule has 110 valence electrons. The molecule has 0 fully saturated rings. The molecule has 0 unspecified atom stereocenters. The normalized spacial score (nSPS) is 10.4. The van der Waals surface area contributed by atoms with E-state index in [1.165, 1.54) is 5.56 Å². The number of benzene rings is 1. The van der Waals surface area contributed by atoms with Crippen LogP contribution in [0.15, 0.2) is 30.3 Å². The first-order valence-electron chi connectivity index (χ1n) is 6.65. The van der Waals surface area contributed by atoms with Crippen LogP contribution in [0.1, 0.15) is 32.8 Å². The van der Waals surface area contributed by atoms with E-state index in [4.69, 9.17) is 5.11 Å². The fourth-order valence-corrected chi connectivity index (χ4v) is 3.02. The SMILES string of the molecule is Cc1ccccc1CCC(=O)Nc1cc(C)c(C(=O)O)s1. The number of aryl methyl sites for hydroxylation is 3. The molecular formula is C16H17NO3S. The van der Waals surface area contributed by atoms with Gasteiger partial charge in [-0.25, -0.2) is 4.79 Å². The Bertz CT molecular complexity index is 676. The van der Waals surface area contributed by atoms with Crippen molar-refractivity contribution in [3.8, 4) is 0 Å². The molecule has 1 amide bonds. The number of hydrogen-bond donors (Lipinski definition) is 2. The second-order valence-corrected chi connectivity index (χ2v) is 5.95. The monoisotopic (exact) mass is 303 g/mol. The highest BCUT2D eigenvalue weighted by Gasteiger charge is 2.13. The first kappa shape index (κ1) is 15.3. The predicted octanol–water partition coefficient (Wildman–Crippen LogP) is 3.63. The molecule has 0 aliphatic carbocycles. The first-order valence-corrected chi connectivity index (χ1v) is 7.47. The van der Waals surface area contributed by atoms with Gasteiger partial charge in [0.2, 0.25) is 5.91 Å². The average molecular weight is 303 g/mol. The predicted molar refractivity (Wildman–Crippen MR) is 84.1 cm³/mol. The van der Waals surface area contributed by atoms with Gasteiger partial charge in [0.1, 0.15) is 4.88 Å². The second kappa shape index (κ2) is 6.54. The maximum absolute atomic E-state index is 11.9. The number of rotatable bonds is 5. The molecule has 1 aromatic heterocycles. The van der Waals surface area contributed by atoms with Gasteiger partial charge in [-0.15, -0.1) is 11.3 Å². The Hall–Kier alpha value is -2.14. The Kier molecular flexibility index (Phi) is 4.75. The summed E-state index contributed by atoms with van der Waals surface area (Å²) in [5.41, 5.74) is 2.99. The third-order valence-electron chi connectivity index (χ3n) is 3.26. The molecule has 2 N–H and O–H groups in total. The third kappa shape index (κ3) is 3.92. The van der Waals surface area contributed by atoms with Gasteiger partial charge in [-0.3, -0.25) is 4.79 Å². The topological polar surface area (TPSA) is 66.4 Å². The second-order valence-electron chi connectivity index (χ2n) is 4.90. The van der Waals surface area contributed by atoms with Crippen molar-refractivity contribution >= 4 is 28.2 Å². The zero-order valence-electron chi connectivity index (χ0n) is 12.0. The summed E-state index contributed by atoms with van der Waals surface area (Å²) < 4.78 is 0. The van der Waals surface area contributed by atoms with Crippen molar-refractivity contribution in [1.29, 1.82) is 0 Å². The zero-order valence-corrected chi connectivity index (χ0v) is 12.8. The van der Waals surface area contributed by atoms with Crippen LogP contribution in [0.2, 0.25) is 0 Å². The van der Waals surface area contributed by atoms with E-state index in [1.807, 2.05) is 31.2 Å². The van der Waals surface area contributed by atoms with Gasteiger partial charge in [-0.2, -0.15) is 0 Å². The largest absolute Gasteiger partial charge is 0.477 e. The number of amides is 1. The Morgan fingerprint density at radius 2 is 1.90 bits per heavy atom. The van der Waals surface area contributed by atoms with Crippen LogP contribution < -0.4 is 5.32 Å². The molecule has 1 aromatic carbocycles.